The average molecular weight is 402 g/mol. The number of carbonyl (C=O) groups is 1. The van der Waals surface area contributed by atoms with Crippen LogP contribution in [-0.2, 0) is 12.8 Å². The van der Waals surface area contributed by atoms with E-state index in [9.17, 15) is 9.18 Å². The van der Waals surface area contributed by atoms with E-state index in [1.54, 1.807) is 23.1 Å². The summed E-state index contributed by atoms with van der Waals surface area (Å²) in [6.07, 6.45) is 2.18. The van der Waals surface area contributed by atoms with E-state index in [2.05, 4.69) is 10.1 Å². The van der Waals surface area contributed by atoms with E-state index in [1.807, 2.05) is 25.1 Å². The van der Waals surface area contributed by atoms with Crippen LogP contribution in [0.3, 0.4) is 0 Å². The number of hydrogen-bond acceptors (Lipinski definition) is 4. The first kappa shape index (κ1) is 19.8. The third-order valence-electron chi connectivity index (χ3n) is 4.79. The van der Waals surface area contributed by atoms with Gasteiger partial charge in [0.2, 0.25) is 5.82 Å². The van der Waals surface area contributed by atoms with Crippen LogP contribution < -0.4 is 10.6 Å². The molecule has 0 unspecified atom stereocenters. The Morgan fingerprint density at radius 2 is 1.93 bits per heavy atom. The smallest absolute Gasteiger partial charge is 0.297 e. The normalized spacial score (nSPS) is 13.0. The van der Waals surface area contributed by atoms with Crippen molar-refractivity contribution in [3.8, 4) is 5.69 Å². The summed E-state index contributed by atoms with van der Waals surface area (Å²) in [6.45, 7) is 2.47. The number of amides is 1. The van der Waals surface area contributed by atoms with Crippen molar-refractivity contribution in [1.29, 1.82) is 0 Å². The monoisotopic (exact) mass is 401 g/mol. The Morgan fingerprint density at radius 3 is 2.68 bits per heavy atom. The highest BCUT2D eigenvalue weighted by molar-refractivity contribution is 6.04. The largest absolute Gasteiger partial charge is 0.398 e. The molecule has 0 bridgehead atoms. The van der Waals surface area contributed by atoms with Gasteiger partial charge in [0.15, 0.2) is 0 Å². The lowest BCUT2D eigenvalue weighted by atomic mass is 10.00. The van der Waals surface area contributed by atoms with Gasteiger partial charge in [0.05, 0.1) is 0 Å². The van der Waals surface area contributed by atoms with Crippen LogP contribution >= 0.6 is 12.4 Å². The molecule has 6 nitrogen and oxygen atoms in total. The maximum absolute atomic E-state index is 14.2. The summed E-state index contributed by atoms with van der Waals surface area (Å²) in [7, 11) is 0. The standard InChI is InChI=1S/C20H20FN5O.ClH/c1-2-18-23-19(24-26(18)17-10-4-3-8-14(17)21)20(27)25-12-6-7-13-15(22)9-5-11-16(13)25;/h3-5,8-11H,2,6-7,12,22H2,1H3;1H. The molecule has 0 spiro atoms. The number of nitrogen functional groups attached to an aromatic ring is 1. The first-order valence-electron chi connectivity index (χ1n) is 9.00. The van der Waals surface area contributed by atoms with Gasteiger partial charge in [-0.1, -0.05) is 25.1 Å². The molecule has 3 aromatic rings. The predicted molar refractivity (Wildman–Crippen MR) is 109 cm³/mol. The third-order valence-corrected chi connectivity index (χ3v) is 4.79. The molecular formula is C20H21ClFN5O. The average Bonchev–Trinajstić information content (AvgIpc) is 3.12. The topological polar surface area (TPSA) is 77.0 Å². The lowest BCUT2D eigenvalue weighted by Gasteiger charge is -2.29. The van der Waals surface area contributed by atoms with Crippen molar-refractivity contribution in [2.75, 3.05) is 17.2 Å². The molecule has 0 saturated carbocycles. The second-order valence-corrected chi connectivity index (χ2v) is 6.47. The van der Waals surface area contributed by atoms with Crippen molar-refractivity contribution >= 4 is 29.7 Å². The Balaban J connectivity index is 0.00000225. The van der Waals surface area contributed by atoms with Gasteiger partial charge >= 0.3 is 0 Å². The summed E-state index contributed by atoms with van der Waals surface area (Å²) in [4.78, 5) is 19.2. The van der Waals surface area contributed by atoms with Gasteiger partial charge in [-0.15, -0.1) is 17.5 Å². The molecule has 146 valence electrons. The molecule has 28 heavy (non-hydrogen) atoms. The Labute approximate surface area is 168 Å². The van der Waals surface area contributed by atoms with E-state index in [4.69, 9.17) is 5.73 Å². The number of fused-ring (bicyclic) bond motifs is 1. The fourth-order valence-corrected chi connectivity index (χ4v) is 3.46. The fourth-order valence-electron chi connectivity index (χ4n) is 3.46. The van der Waals surface area contributed by atoms with Crippen LogP contribution in [0.15, 0.2) is 42.5 Å². The van der Waals surface area contributed by atoms with E-state index < -0.39 is 5.82 Å². The zero-order valence-corrected chi connectivity index (χ0v) is 16.2. The van der Waals surface area contributed by atoms with Crippen LogP contribution in [0, 0.1) is 5.82 Å². The van der Waals surface area contributed by atoms with Gasteiger partial charge in [-0.05, 0) is 42.7 Å². The van der Waals surface area contributed by atoms with Gasteiger partial charge < -0.3 is 10.6 Å². The number of nitrogens with two attached hydrogens (primary N) is 1. The summed E-state index contributed by atoms with van der Waals surface area (Å²) in [5, 5.41) is 4.33. The van der Waals surface area contributed by atoms with Gasteiger partial charge in [-0.3, -0.25) is 4.79 Å². The molecule has 0 atom stereocenters. The molecule has 2 heterocycles. The van der Waals surface area contributed by atoms with E-state index in [0.29, 0.717) is 24.5 Å². The molecule has 0 aliphatic carbocycles. The lowest BCUT2D eigenvalue weighted by Crippen LogP contribution is -2.36. The van der Waals surface area contributed by atoms with Crippen LogP contribution in [0.5, 0.6) is 0 Å². The Kier molecular flexibility index (Phi) is 5.65. The van der Waals surface area contributed by atoms with Crippen LogP contribution in [0.25, 0.3) is 5.69 Å². The quantitative estimate of drug-likeness (QED) is 0.680. The Morgan fingerprint density at radius 1 is 1.18 bits per heavy atom. The van der Waals surface area contributed by atoms with E-state index in [1.165, 1.54) is 10.7 Å². The number of anilines is 2. The van der Waals surface area contributed by atoms with Gasteiger partial charge in [-0.2, -0.15) is 0 Å². The van der Waals surface area contributed by atoms with Crippen molar-refractivity contribution in [1.82, 2.24) is 14.8 Å². The number of carbonyl (C=O) groups excluding carboxylic acids is 1. The van der Waals surface area contributed by atoms with Crippen LogP contribution in [0.2, 0.25) is 0 Å². The third kappa shape index (κ3) is 3.33. The summed E-state index contributed by atoms with van der Waals surface area (Å²) >= 11 is 0. The van der Waals surface area contributed by atoms with Crippen molar-refractivity contribution in [2.45, 2.75) is 26.2 Å². The predicted octanol–water partition coefficient (Wildman–Crippen LogP) is 3.57. The Bertz CT molecular complexity index is 1020. The van der Waals surface area contributed by atoms with Crippen molar-refractivity contribution in [3.05, 3.63) is 65.5 Å². The number of benzene rings is 2. The van der Waals surface area contributed by atoms with E-state index in [-0.39, 0.29) is 29.8 Å². The van der Waals surface area contributed by atoms with Gasteiger partial charge in [0.1, 0.15) is 17.3 Å². The minimum Gasteiger partial charge on any atom is -0.398 e. The summed E-state index contributed by atoms with van der Waals surface area (Å²) in [6, 6.07) is 11.9. The van der Waals surface area contributed by atoms with Crippen LogP contribution in [0.4, 0.5) is 15.8 Å². The molecular weight excluding hydrogens is 381 g/mol. The zero-order chi connectivity index (χ0) is 19.0. The zero-order valence-electron chi connectivity index (χ0n) is 15.4. The van der Waals surface area contributed by atoms with Crippen molar-refractivity contribution < 1.29 is 9.18 Å². The van der Waals surface area contributed by atoms with Crippen molar-refractivity contribution in [3.63, 3.8) is 0 Å². The Hall–Kier alpha value is -2.93. The minimum absolute atomic E-state index is 0. The molecule has 0 radical (unpaired) electrons. The number of halogens is 2. The van der Waals surface area contributed by atoms with Gasteiger partial charge in [0, 0.05) is 24.3 Å². The highest BCUT2D eigenvalue weighted by Crippen LogP contribution is 2.32. The molecule has 1 aromatic heterocycles. The van der Waals surface area contributed by atoms with Gasteiger partial charge in [0.25, 0.3) is 5.91 Å². The highest BCUT2D eigenvalue weighted by Gasteiger charge is 2.28. The molecule has 1 amide bonds. The van der Waals surface area contributed by atoms with Gasteiger partial charge in [-0.25, -0.2) is 14.1 Å². The summed E-state index contributed by atoms with van der Waals surface area (Å²) < 4.78 is 15.6. The number of nitrogens with zero attached hydrogens (tertiary/aromatic N) is 4. The van der Waals surface area contributed by atoms with Crippen LogP contribution in [0.1, 0.15) is 35.4 Å². The number of aromatic nitrogens is 3. The number of rotatable bonds is 3. The van der Waals surface area contributed by atoms with Crippen molar-refractivity contribution in [2.24, 2.45) is 0 Å². The number of aryl methyl sites for hydroxylation is 1. The summed E-state index contributed by atoms with van der Waals surface area (Å²) in [5.41, 5.74) is 8.81. The second-order valence-electron chi connectivity index (χ2n) is 6.47. The number of hydrogen-bond donors (Lipinski definition) is 1. The fraction of sp³-hybridized carbons (Fsp3) is 0.250. The highest BCUT2D eigenvalue weighted by atomic mass is 35.5. The molecule has 1 aliphatic heterocycles. The lowest BCUT2D eigenvalue weighted by molar-refractivity contribution is 0.0975. The van der Waals surface area contributed by atoms with E-state index >= 15 is 0 Å². The van der Waals surface area contributed by atoms with Crippen LogP contribution in [-0.4, -0.2) is 27.2 Å². The first-order valence-corrected chi connectivity index (χ1v) is 9.00. The maximum atomic E-state index is 14.2. The molecule has 8 heteroatoms. The molecule has 0 saturated heterocycles. The SMILES string of the molecule is CCc1nc(C(=O)N2CCCc3c(N)cccc32)nn1-c1ccccc1F.Cl. The minimum atomic E-state index is -0.410. The van der Waals surface area contributed by atoms with E-state index in [0.717, 1.165) is 24.1 Å². The molecule has 0 fully saturated rings. The molecule has 2 aromatic carbocycles. The maximum Gasteiger partial charge on any atom is 0.297 e. The summed E-state index contributed by atoms with van der Waals surface area (Å²) in [5.74, 6) is -0.114. The number of para-hydroxylation sites is 1. The molecule has 2 N–H and O–H groups in total. The molecule has 1 aliphatic rings. The first-order chi connectivity index (χ1) is 13.1. The second kappa shape index (κ2) is 7.98. The molecule has 4 rings (SSSR count).